The molecule has 1 aromatic heterocycles. The smallest absolute Gasteiger partial charge is 0.325 e. The van der Waals surface area contributed by atoms with E-state index in [4.69, 9.17) is 15.9 Å². The van der Waals surface area contributed by atoms with E-state index in [1.54, 1.807) is 20.0 Å². The Morgan fingerprint density at radius 2 is 1.60 bits per heavy atom. The molecular weight excluding hydrogens is 458 g/mol. The Balaban J connectivity index is 2.28. The third kappa shape index (κ3) is 7.54. The summed E-state index contributed by atoms with van der Waals surface area (Å²) in [6.07, 6.45) is 1.09. The van der Waals surface area contributed by atoms with Crippen LogP contribution in [0.15, 0.2) is 30.5 Å². The molecule has 0 fully saturated rings. The van der Waals surface area contributed by atoms with Crippen molar-refractivity contribution in [3.05, 3.63) is 36.0 Å². The van der Waals surface area contributed by atoms with Crippen molar-refractivity contribution in [2.45, 2.75) is 57.8 Å². The van der Waals surface area contributed by atoms with E-state index in [2.05, 4.69) is 20.9 Å². The van der Waals surface area contributed by atoms with Gasteiger partial charge in [0.15, 0.2) is 0 Å². The van der Waals surface area contributed by atoms with Gasteiger partial charge in [-0.25, -0.2) is 0 Å². The molecule has 2 aromatic rings. The molecule has 2 rings (SSSR count). The molecule has 0 radical (unpaired) electrons. The molecule has 0 aliphatic heterocycles. The van der Waals surface area contributed by atoms with E-state index in [1.807, 2.05) is 24.3 Å². The van der Waals surface area contributed by atoms with Gasteiger partial charge in [-0.2, -0.15) is 0 Å². The lowest BCUT2D eigenvalue weighted by Gasteiger charge is -2.26. The van der Waals surface area contributed by atoms with Crippen molar-refractivity contribution in [1.82, 2.24) is 20.9 Å². The number of aliphatic carboxylic acids is 2. The highest BCUT2D eigenvalue weighted by Gasteiger charge is 2.31. The van der Waals surface area contributed by atoms with Crippen LogP contribution in [-0.2, 0) is 30.4 Å². The first kappa shape index (κ1) is 27.3. The highest BCUT2D eigenvalue weighted by Crippen LogP contribution is 2.19. The molecule has 0 bridgehead atoms. The Morgan fingerprint density at radius 1 is 0.943 bits per heavy atom. The number of aromatic amines is 1. The summed E-state index contributed by atoms with van der Waals surface area (Å²) in [6, 6.07) is 2.51. The second-order valence-electron chi connectivity index (χ2n) is 8.63. The van der Waals surface area contributed by atoms with E-state index in [0.29, 0.717) is 5.56 Å². The molecule has 190 valence electrons. The van der Waals surface area contributed by atoms with Crippen LogP contribution in [0.3, 0.4) is 0 Å². The van der Waals surface area contributed by atoms with E-state index < -0.39 is 66.2 Å². The summed E-state index contributed by atoms with van der Waals surface area (Å²) >= 11 is 0. The monoisotopic (exact) mass is 489 g/mol. The number of carboxylic acids is 2. The zero-order valence-corrected chi connectivity index (χ0v) is 19.7. The first-order chi connectivity index (χ1) is 16.4. The molecule has 1 heterocycles. The van der Waals surface area contributed by atoms with Crippen LogP contribution in [-0.4, -0.2) is 69.0 Å². The van der Waals surface area contributed by atoms with Crippen LogP contribution in [0.1, 0.15) is 32.8 Å². The molecular formula is C23H31N5O7. The Labute approximate surface area is 201 Å². The summed E-state index contributed by atoms with van der Waals surface area (Å²) in [7, 11) is 0. The molecule has 3 amide bonds. The van der Waals surface area contributed by atoms with Crippen molar-refractivity contribution in [3.63, 3.8) is 0 Å². The lowest BCUT2D eigenvalue weighted by atomic mass is 10.00. The summed E-state index contributed by atoms with van der Waals surface area (Å²) in [5.41, 5.74) is 7.18. The van der Waals surface area contributed by atoms with Gasteiger partial charge >= 0.3 is 11.9 Å². The van der Waals surface area contributed by atoms with Gasteiger partial charge in [0.05, 0.1) is 12.5 Å². The number of para-hydroxylation sites is 1. The van der Waals surface area contributed by atoms with Crippen LogP contribution in [0.25, 0.3) is 10.9 Å². The molecule has 0 saturated heterocycles. The van der Waals surface area contributed by atoms with E-state index in [1.165, 1.54) is 6.92 Å². The second kappa shape index (κ2) is 12.0. The molecule has 35 heavy (non-hydrogen) atoms. The maximum Gasteiger partial charge on any atom is 0.325 e. The average Bonchev–Trinajstić information content (AvgIpc) is 3.18. The molecule has 4 unspecified atom stereocenters. The number of fused-ring (bicyclic) bond motifs is 1. The highest BCUT2D eigenvalue weighted by atomic mass is 16.4. The number of amides is 3. The fourth-order valence-electron chi connectivity index (χ4n) is 3.44. The molecule has 1 aromatic carbocycles. The zero-order chi connectivity index (χ0) is 26.3. The number of nitrogens with two attached hydrogens (primary N) is 1. The first-order valence-corrected chi connectivity index (χ1v) is 11.1. The predicted octanol–water partition coefficient (Wildman–Crippen LogP) is -0.273. The summed E-state index contributed by atoms with van der Waals surface area (Å²) in [4.78, 5) is 63.5. The lowest BCUT2D eigenvalue weighted by molar-refractivity contribution is -0.142. The number of carbonyl (C=O) groups is 5. The minimum Gasteiger partial charge on any atom is -0.481 e. The lowest BCUT2D eigenvalue weighted by Crippen LogP contribution is -2.58. The van der Waals surface area contributed by atoms with Crippen molar-refractivity contribution in [3.8, 4) is 0 Å². The van der Waals surface area contributed by atoms with Gasteiger partial charge in [-0.15, -0.1) is 0 Å². The number of hydrogen-bond donors (Lipinski definition) is 7. The van der Waals surface area contributed by atoms with Crippen molar-refractivity contribution in [1.29, 1.82) is 0 Å². The van der Waals surface area contributed by atoms with Crippen LogP contribution in [0, 0.1) is 5.92 Å². The summed E-state index contributed by atoms with van der Waals surface area (Å²) in [5.74, 6) is -5.14. The summed E-state index contributed by atoms with van der Waals surface area (Å²) < 4.78 is 0. The van der Waals surface area contributed by atoms with Crippen molar-refractivity contribution < 1.29 is 34.2 Å². The van der Waals surface area contributed by atoms with E-state index in [9.17, 15) is 24.0 Å². The topological polar surface area (TPSA) is 204 Å². The van der Waals surface area contributed by atoms with E-state index in [-0.39, 0.29) is 6.42 Å². The number of carboxylic acid groups (broad SMARTS) is 2. The standard InChI is InChI=1S/C23H31N5O7/c1-11(2)19(22(33)26-12(3)23(34)35)28-21(32)17(27-20(31)15(24)9-18(29)30)8-13-10-25-16-7-5-4-6-14(13)16/h4-7,10-12,15,17,19,25H,8-9,24H2,1-3H3,(H,26,33)(H,27,31)(H,28,32)(H,29,30)(H,34,35). The van der Waals surface area contributed by atoms with Crippen molar-refractivity contribution in [2.75, 3.05) is 0 Å². The molecule has 0 aliphatic rings. The Kier molecular flexibility index (Phi) is 9.34. The second-order valence-corrected chi connectivity index (χ2v) is 8.63. The maximum atomic E-state index is 13.2. The molecule has 4 atom stereocenters. The van der Waals surface area contributed by atoms with Crippen molar-refractivity contribution in [2.24, 2.45) is 11.7 Å². The van der Waals surface area contributed by atoms with Gasteiger partial charge < -0.3 is 36.9 Å². The number of carbonyl (C=O) groups excluding carboxylic acids is 3. The summed E-state index contributed by atoms with van der Waals surface area (Å²) in [5, 5.41) is 26.2. The minimum atomic E-state index is -1.38. The van der Waals surface area contributed by atoms with E-state index >= 15 is 0 Å². The Hall–Kier alpha value is -3.93. The number of aromatic nitrogens is 1. The fraction of sp³-hybridized carbons (Fsp3) is 0.435. The number of rotatable bonds is 12. The maximum absolute atomic E-state index is 13.2. The van der Waals surface area contributed by atoms with Crippen LogP contribution < -0.4 is 21.7 Å². The quantitative estimate of drug-likeness (QED) is 0.211. The Bertz CT molecular complexity index is 1100. The van der Waals surface area contributed by atoms with Crippen LogP contribution in [0.2, 0.25) is 0 Å². The molecule has 0 spiro atoms. The third-order valence-electron chi connectivity index (χ3n) is 5.44. The molecule has 12 heteroatoms. The van der Waals surface area contributed by atoms with Gasteiger partial charge in [-0.3, -0.25) is 24.0 Å². The first-order valence-electron chi connectivity index (χ1n) is 11.1. The normalized spacial score (nSPS) is 14.5. The van der Waals surface area contributed by atoms with Crippen LogP contribution in [0.5, 0.6) is 0 Å². The number of nitrogens with one attached hydrogen (secondary N) is 4. The van der Waals surface area contributed by atoms with Gasteiger partial charge in [-0.1, -0.05) is 32.0 Å². The largest absolute Gasteiger partial charge is 0.481 e. The SMILES string of the molecule is CC(NC(=O)C(NC(=O)C(Cc1c[nH]c2ccccc12)NC(=O)C(N)CC(=O)O)C(C)C)C(=O)O. The molecule has 0 aliphatic carbocycles. The zero-order valence-electron chi connectivity index (χ0n) is 19.7. The van der Waals surface area contributed by atoms with Crippen LogP contribution in [0.4, 0.5) is 0 Å². The number of benzene rings is 1. The van der Waals surface area contributed by atoms with Crippen molar-refractivity contribution >= 4 is 40.6 Å². The highest BCUT2D eigenvalue weighted by molar-refractivity contribution is 5.95. The average molecular weight is 490 g/mol. The third-order valence-corrected chi connectivity index (χ3v) is 5.44. The fourth-order valence-corrected chi connectivity index (χ4v) is 3.44. The van der Waals surface area contributed by atoms with E-state index in [0.717, 1.165) is 10.9 Å². The summed E-state index contributed by atoms with van der Waals surface area (Å²) in [6.45, 7) is 4.64. The van der Waals surface area contributed by atoms with Gasteiger partial charge in [0.25, 0.3) is 0 Å². The van der Waals surface area contributed by atoms with Gasteiger partial charge in [0, 0.05) is 23.5 Å². The number of H-pyrrole nitrogens is 1. The molecule has 0 saturated carbocycles. The molecule has 12 nitrogen and oxygen atoms in total. The predicted molar refractivity (Wildman–Crippen MR) is 126 cm³/mol. The Morgan fingerprint density at radius 3 is 2.20 bits per heavy atom. The molecule has 8 N–H and O–H groups in total. The van der Waals surface area contributed by atoms with Gasteiger partial charge in [-0.05, 0) is 24.5 Å². The van der Waals surface area contributed by atoms with Gasteiger partial charge in [0.1, 0.15) is 18.1 Å². The van der Waals surface area contributed by atoms with Gasteiger partial charge in [0.2, 0.25) is 17.7 Å². The minimum absolute atomic E-state index is 0.0271. The number of hydrogen-bond acceptors (Lipinski definition) is 6. The van der Waals surface area contributed by atoms with Crippen LogP contribution >= 0.6 is 0 Å².